The zero-order chi connectivity index (χ0) is 20.1. The smallest absolute Gasteiger partial charge is 0.200 e. The summed E-state index contributed by atoms with van der Waals surface area (Å²) in [6, 6.07) is 24.5. The fourth-order valence-electron chi connectivity index (χ4n) is 3.05. The van der Waals surface area contributed by atoms with E-state index in [0.29, 0.717) is 29.7 Å². The van der Waals surface area contributed by atoms with Gasteiger partial charge in [-0.1, -0.05) is 71.9 Å². The summed E-state index contributed by atoms with van der Waals surface area (Å²) in [5.41, 5.74) is 3.48. The van der Waals surface area contributed by atoms with Gasteiger partial charge in [-0.2, -0.15) is 5.26 Å². The largest absolute Gasteiger partial charge is 0.461 e. The Bertz CT molecular complexity index is 1100. The number of benzene rings is 2. The van der Waals surface area contributed by atoms with Crippen LogP contribution in [0.3, 0.4) is 0 Å². The summed E-state index contributed by atoms with van der Waals surface area (Å²) in [5, 5.41) is 18.9. The summed E-state index contributed by atoms with van der Waals surface area (Å²) in [4.78, 5) is 0. The Morgan fingerprint density at radius 3 is 2.48 bits per heavy atom. The van der Waals surface area contributed by atoms with Crippen molar-refractivity contribution in [1.82, 2.24) is 14.8 Å². The van der Waals surface area contributed by atoms with Crippen LogP contribution in [0.25, 0.3) is 11.6 Å². The van der Waals surface area contributed by atoms with Crippen molar-refractivity contribution in [2.75, 3.05) is 0 Å². The van der Waals surface area contributed by atoms with E-state index in [9.17, 15) is 5.26 Å². The predicted octanol–water partition coefficient (Wildman–Crippen LogP) is 5.12. The molecule has 2 heterocycles. The summed E-state index contributed by atoms with van der Waals surface area (Å²) in [7, 11) is 0. The first-order chi connectivity index (χ1) is 14.2. The minimum Gasteiger partial charge on any atom is -0.461 e. The normalized spacial score (nSPS) is 11.9. The highest BCUT2D eigenvalue weighted by Crippen LogP contribution is 2.29. The number of hydrogen-bond donors (Lipinski definition) is 0. The lowest BCUT2D eigenvalue weighted by Gasteiger charge is -2.12. The Morgan fingerprint density at radius 1 is 1.00 bits per heavy atom. The van der Waals surface area contributed by atoms with Gasteiger partial charge >= 0.3 is 0 Å². The summed E-state index contributed by atoms with van der Waals surface area (Å²) in [6.07, 6.45) is 2.27. The van der Waals surface area contributed by atoms with E-state index in [4.69, 9.17) is 4.42 Å². The molecule has 0 fully saturated rings. The highest BCUT2D eigenvalue weighted by Gasteiger charge is 2.20. The fraction of sp³-hybridized carbons (Fsp3) is 0.174. The van der Waals surface area contributed by atoms with Crippen LogP contribution in [-0.2, 0) is 13.0 Å². The molecule has 29 heavy (non-hydrogen) atoms. The van der Waals surface area contributed by atoms with Crippen LogP contribution in [0.2, 0.25) is 0 Å². The minimum absolute atomic E-state index is 0.263. The van der Waals surface area contributed by atoms with Crippen molar-refractivity contribution in [3.63, 3.8) is 0 Å². The molecule has 144 valence electrons. The third kappa shape index (κ3) is 4.58. The van der Waals surface area contributed by atoms with E-state index in [2.05, 4.69) is 59.6 Å². The van der Waals surface area contributed by atoms with Crippen LogP contribution in [0.4, 0.5) is 0 Å². The summed E-state index contributed by atoms with van der Waals surface area (Å²) >= 11 is 1.44. The van der Waals surface area contributed by atoms with Gasteiger partial charge in [-0.05, 0) is 36.6 Å². The van der Waals surface area contributed by atoms with Gasteiger partial charge in [0, 0.05) is 0 Å². The van der Waals surface area contributed by atoms with E-state index >= 15 is 0 Å². The molecule has 0 saturated carbocycles. The maximum atomic E-state index is 9.73. The van der Waals surface area contributed by atoms with Gasteiger partial charge < -0.3 is 4.42 Å². The Balaban J connectivity index is 1.62. The number of aromatic nitrogens is 3. The van der Waals surface area contributed by atoms with Crippen LogP contribution < -0.4 is 0 Å². The van der Waals surface area contributed by atoms with Crippen molar-refractivity contribution in [3.8, 4) is 17.7 Å². The standard InChI is InChI=1S/C23H20N4OS/c1-17-9-11-18(12-10-17)14-20(15-24)29-23-26-25-22(21-8-5-13-28-21)27(23)16-19-6-3-2-4-7-19/h2-13,20H,14,16H2,1H3/t20-/m0/s1. The summed E-state index contributed by atoms with van der Waals surface area (Å²) in [5.74, 6) is 1.32. The second kappa shape index (κ2) is 8.80. The van der Waals surface area contributed by atoms with E-state index in [1.165, 1.54) is 17.3 Å². The van der Waals surface area contributed by atoms with Crippen molar-refractivity contribution in [2.24, 2.45) is 0 Å². The van der Waals surface area contributed by atoms with Gasteiger partial charge in [0.15, 0.2) is 10.9 Å². The monoisotopic (exact) mass is 400 g/mol. The van der Waals surface area contributed by atoms with Crippen LogP contribution in [0.15, 0.2) is 82.6 Å². The van der Waals surface area contributed by atoms with Crippen molar-refractivity contribution >= 4 is 11.8 Å². The molecule has 0 N–H and O–H groups in total. The van der Waals surface area contributed by atoms with Gasteiger partial charge in [-0.3, -0.25) is 4.57 Å². The van der Waals surface area contributed by atoms with Crippen LogP contribution in [0.1, 0.15) is 16.7 Å². The Labute approximate surface area is 174 Å². The first-order valence-electron chi connectivity index (χ1n) is 9.36. The lowest BCUT2D eigenvalue weighted by atomic mass is 10.1. The van der Waals surface area contributed by atoms with Crippen LogP contribution in [-0.4, -0.2) is 20.0 Å². The molecule has 5 nitrogen and oxygen atoms in total. The molecular weight excluding hydrogens is 380 g/mol. The Kier molecular flexibility index (Phi) is 5.78. The van der Waals surface area contributed by atoms with Gasteiger partial charge in [0.25, 0.3) is 0 Å². The third-order valence-electron chi connectivity index (χ3n) is 4.58. The lowest BCUT2D eigenvalue weighted by Crippen LogP contribution is -2.09. The van der Waals surface area contributed by atoms with Gasteiger partial charge in [0.05, 0.1) is 18.9 Å². The molecule has 4 rings (SSSR count). The molecule has 0 aliphatic rings. The van der Waals surface area contributed by atoms with Gasteiger partial charge in [0.2, 0.25) is 5.82 Å². The van der Waals surface area contributed by atoms with E-state index in [1.807, 2.05) is 34.9 Å². The van der Waals surface area contributed by atoms with E-state index in [1.54, 1.807) is 6.26 Å². The molecule has 0 unspecified atom stereocenters. The van der Waals surface area contributed by atoms with Crippen LogP contribution in [0.5, 0.6) is 0 Å². The maximum absolute atomic E-state index is 9.73. The Morgan fingerprint density at radius 2 is 1.79 bits per heavy atom. The molecule has 0 spiro atoms. The maximum Gasteiger partial charge on any atom is 0.200 e. The Hall–Kier alpha value is -3.30. The molecule has 1 atom stereocenters. The second-order valence-electron chi connectivity index (χ2n) is 6.78. The van der Waals surface area contributed by atoms with Crippen molar-refractivity contribution in [2.45, 2.75) is 30.3 Å². The molecular formula is C23H20N4OS. The average molecular weight is 401 g/mol. The van der Waals surface area contributed by atoms with E-state index in [-0.39, 0.29) is 5.25 Å². The van der Waals surface area contributed by atoms with E-state index < -0.39 is 0 Å². The molecule has 0 amide bonds. The molecule has 0 aliphatic heterocycles. The SMILES string of the molecule is Cc1ccc(C[C@@H](C#N)Sc2nnc(-c3ccco3)n2Cc2ccccc2)cc1. The molecule has 2 aromatic heterocycles. The number of thioether (sulfide) groups is 1. The molecule has 0 saturated heterocycles. The molecule has 0 radical (unpaired) electrons. The van der Waals surface area contributed by atoms with Crippen molar-refractivity contribution in [3.05, 3.63) is 89.7 Å². The van der Waals surface area contributed by atoms with Gasteiger partial charge in [-0.15, -0.1) is 10.2 Å². The number of aryl methyl sites for hydroxylation is 1. The fourth-order valence-corrected chi connectivity index (χ4v) is 4.00. The number of hydrogen-bond acceptors (Lipinski definition) is 5. The van der Waals surface area contributed by atoms with E-state index in [0.717, 1.165) is 11.1 Å². The molecule has 2 aromatic carbocycles. The van der Waals surface area contributed by atoms with Gasteiger partial charge in [0.1, 0.15) is 5.25 Å². The quantitative estimate of drug-likeness (QED) is 0.403. The third-order valence-corrected chi connectivity index (χ3v) is 5.64. The molecule has 4 aromatic rings. The highest BCUT2D eigenvalue weighted by molar-refractivity contribution is 8.00. The average Bonchev–Trinajstić information content (AvgIpc) is 3.40. The van der Waals surface area contributed by atoms with Crippen molar-refractivity contribution < 1.29 is 4.42 Å². The topological polar surface area (TPSA) is 67.6 Å². The number of rotatable bonds is 7. The first kappa shape index (κ1) is 19.0. The lowest BCUT2D eigenvalue weighted by molar-refractivity contribution is 0.569. The van der Waals surface area contributed by atoms with Gasteiger partial charge in [-0.25, -0.2) is 0 Å². The number of nitrogens with zero attached hydrogens (tertiary/aromatic N) is 4. The molecule has 0 aliphatic carbocycles. The van der Waals surface area contributed by atoms with Crippen LogP contribution in [0, 0.1) is 18.3 Å². The number of furan rings is 1. The minimum atomic E-state index is -0.263. The second-order valence-corrected chi connectivity index (χ2v) is 7.95. The molecule has 6 heteroatoms. The summed E-state index contributed by atoms with van der Waals surface area (Å²) < 4.78 is 7.56. The zero-order valence-corrected chi connectivity index (χ0v) is 16.8. The zero-order valence-electron chi connectivity index (χ0n) is 16.0. The van der Waals surface area contributed by atoms with Crippen molar-refractivity contribution in [1.29, 1.82) is 5.26 Å². The summed E-state index contributed by atoms with van der Waals surface area (Å²) in [6.45, 7) is 2.66. The molecule has 0 bridgehead atoms. The predicted molar refractivity (Wildman–Crippen MR) is 113 cm³/mol. The van der Waals surface area contributed by atoms with Crippen LogP contribution >= 0.6 is 11.8 Å². The number of nitriles is 1. The first-order valence-corrected chi connectivity index (χ1v) is 10.2. The highest BCUT2D eigenvalue weighted by atomic mass is 32.2.